The summed E-state index contributed by atoms with van der Waals surface area (Å²) >= 11 is 0. The van der Waals surface area contributed by atoms with E-state index in [0.717, 1.165) is 5.56 Å². The van der Waals surface area contributed by atoms with Gasteiger partial charge in [0, 0.05) is 0 Å². The van der Waals surface area contributed by atoms with Crippen LogP contribution in [0.15, 0.2) is 83.8 Å². The van der Waals surface area contributed by atoms with Crippen LogP contribution in [0.3, 0.4) is 0 Å². The van der Waals surface area contributed by atoms with Crippen LogP contribution in [0.25, 0.3) is 0 Å². The predicted octanol–water partition coefficient (Wildman–Crippen LogP) is 3.77. The molecule has 0 aromatic heterocycles. The fourth-order valence-corrected chi connectivity index (χ4v) is 4.43. The van der Waals surface area contributed by atoms with E-state index in [-0.39, 0.29) is 39.4 Å². The molecular weight excluding hydrogens is 468 g/mol. The van der Waals surface area contributed by atoms with Gasteiger partial charge in [-0.15, -0.1) is 0 Å². The van der Waals surface area contributed by atoms with Crippen LogP contribution in [-0.2, 0) is 19.4 Å². The largest absolute Gasteiger partial charge is 0.452 e. The third-order valence-corrected chi connectivity index (χ3v) is 7.04. The molecule has 0 saturated heterocycles. The SMILES string of the molecule is CCS(=O)(=O)c1ccccc1C(=O)OCC(=O)Nc1ccccc1C(=O)NC(C)c1ccccc1. The lowest BCUT2D eigenvalue weighted by Crippen LogP contribution is -2.28. The minimum atomic E-state index is -3.65. The number of rotatable bonds is 9. The van der Waals surface area contributed by atoms with Crippen molar-refractivity contribution >= 4 is 33.3 Å². The molecule has 182 valence electrons. The Bertz CT molecular complexity index is 1320. The van der Waals surface area contributed by atoms with Gasteiger partial charge in [-0.05, 0) is 36.8 Å². The lowest BCUT2D eigenvalue weighted by Gasteiger charge is -2.16. The van der Waals surface area contributed by atoms with Gasteiger partial charge in [0.05, 0.1) is 33.5 Å². The first-order valence-corrected chi connectivity index (χ1v) is 12.6. The van der Waals surface area contributed by atoms with E-state index in [9.17, 15) is 22.8 Å². The molecule has 0 heterocycles. The maximum Gasteiger partial charge on any atom is 0.339 e. The summed E-state index contributed by atoms with van der Waals surface area (Å²) in [7, 11) is -3.65. The number of esters is 1. The molecule has 35 heavy (non-hydrogen) atoms. The van der Waals surface area contributed by atoms with E-state index in [1.165, 1.54) is 31.2 Å². The average Bonchev–Trinajstić information content (AvgIpc) is 2.88. The molecule has 3 rings (SSSR count). The van der Waals surface area contributed by atoms with Crippen LogP contribution in [0.1, 0.15) is 46.2 Å². The molecule has 1 atom stereocenters. The van der Waals surface area contributed by atoms with Crippen LogP contribution in [-0.4, -0.2) is 38.6 Å². The number of hydrogen-bond donors (Lipinski definition) is 2. The lowest BCUT2D eigenvalue weighted by molar-refractivity contribution is -0.119. The highest BCUT2D eigenvalue weighted by Gasteiger charge is 2.22. The molecule has 2 amide bonds. The summed E-state index contributed by atoms with van der Waals surface area (Å²) in [5, 5.41) is 5.46. The Morgan fingerprint density at radius 3 is 2.14 bits per heavy atom. The molecule has 3 aromatic rings. The second-order valence-electron chi connectivity index (χ2n) is 7.68. The quantitative estimate of drug-likeness (QED) is 0.437. The number of amides is 2. The Morgan fingerprint density at radius 2 is 1.46 bits per heavy atom. The van der Waals surface area contributed by atoms with E-state index < -0.39 is 28.3 Å². The molecule has 0 aliphatic heterocycles. The van der Waals surface area contributed by atoms with Gasteiger partial charge in [-0.2, -0.15) is 0 Å². The minimum absolute atomic E-state index is 0.142. The summed E-state index contributed by atoms with van der Waals surface area (Å²) in [6.07, 6.45) is 0. The van der Waals surface area contributed by atoms with Gasteiger partial charge in [0.2, 0.25) is 0 Å². The summed E-state index contributed by atoms with van der Waals surface area (Å²) in [6.45, 7) is 2.67. The number of anilines is 1. The second-order valence-corrected chi connectivity index (χ2v) is 9.92. The van der Waals surface area contributed by atoms with Gasteiger partial charge in [0.15, 0.2) is 16.4 Å². The van der Waals surface area contributed by atoms with Crippen LogP contribution >= 0.6 is 0 Å². The molecule has 0 spiro atoms. The molecule has 2 N–H and O–H groups in total. The first-order valence-electron chi connectivity index (χ1n) is 11.0. The zero-order valence-electron chi connectivity index (χ0n) is 19.4. The molecule has 8 nitrogen and oxygen atoms in total. The van der Waals surface area contributed by atoms with Crippen LogP contribution in [0, 0.1) is 0 Å². The molecule has 0 bridgehead atoms. The molecule has 0 aliphatic rings. The number of ether oxygens (including phenoxy) is 1. The van der Waals surface area contributed by atoms with Gasteiger partial charge in [0.1, 0.15) is 0 Å². The summed E-state index contributed by atoms with van der Waals surface area (Å²) in [6, 6.07) is 21.3. The fraction of sp³-hybridized carbons (Fsp3) is 0.192. The van der Waals surface area contributed by atoms with Crippen molar-refractivity contribution in [3.8, 4) is 0 Å². The molecule has 0 saturated carbocycles. The van der Waals surface area contributed by atoms with Crippen molar-refractivity contribution in [1.29, 1.82) is 0 Å². The van der Waals surface area contributed by atoms with Crippen LogP contribution in [0.5, 0.6) is 0 Å². The molecule has 0 aliphatic carbocycles. The number of carbonyl (C=O) groups is 3. The van der Waals surface area contributed by atoms with Gasteiger partial charge >= 0.3 is 5.97 Å². The van der Waals surface area contributed by atoms with Crippen molar-refractivity contribution in [2.75, 3.05) is 17.7 Å². The van der Waals surface area contributed by atoms with Crippen molar-refractivity contribution < 1.29 is 27.5 Å². The molecule has 1 unspecified atom stereocenters. The Balaban J connectivity index is 1.66. The molecule has 3 aromatic carbocycles. The zero-order chi connectivity index (χ0) is 25.4. The van der Waals surface area contributed by atoms with Gasteiger partial charge < -0.3 is 15.4 Å². The van der Waals surface area contributed by atoms with Gasteiger partial charge in [-0.25, -0.2) is 13.2 Å². The normalized spacial score (nSPS) is 11.8. The van der Waals surface area contributed by atoms with Gasteiger partial charge in [0.25, 0.3) is 11.8 Å². The Hall–Kier alpha value is -3.98. The first kappa shape index (κ1) is 25.6. The highest BCUT2D eigenvalue weighted by atomic mass is 32.2. The van der Waals surface area contributed by atoms with E-state index in [1.54, 1.807) is 24.3 Å². The van der Waals surface area contributed by atoms with E-state index in [1.807, 2.05) is 37.3 Å². The number of nitrogens with one attached hydrogen (secondary N) is 2. The van der Waals surface area contributed by atoms with Gasteiger partial charge in [-0.3, -0.25) is 9.59 Å². The van der Waals surface area contributed by atoms with Crippen LogP contribution in [0.2, 0.25) is 0 Å². The predicted molar refractivity (Wildman–Crippen MR) is 132 cm³/mol. The van der Waals surface area contributed by atoms with Crippen molar-refractivity contribution in [3.63, 3.8) is 0 Å². The number of hydrogen-bond acceptors (Lipinski definition) is 6. The number of carbonyl (C=O) groups excluding carboxylic acids is 3. The highest BCUT2D eigenvalue weighted by molar-refractivity contribution is 7.91. The minimum Gasteiger partial charge on any atom is -0.452 e. The van der Waals surface area contributed by atoms with Crippen molar-refractivity contribution in [2.24, 2.45) is 0 Å². The topological polar surface area (TPSA) is 119 Å². The Kier molecular flexibility index (Phi) is 8.38. The van der Waals surface area contributed by atoms with Gasteiger partial charge in [-0.1, -0.05) is 61.5 Å². The summed E-state index contributed by atoms with van der Waals surface area (Å²) in [5.41, 5.74) is 1.28. The molecule has 9 heteroatoms. The van der Waals surface area contributed by atoms with Crippen molar-refractivity contribution in [2.45, 2.75) is 24.8 Å². The fourth-order valence-electron chi connectivity index (χ4n) is 3.35. The standard InChI is InChI=1S/C26H26N2O6S/c1-3-35(32,33)23-16-10-8-14-21(23)26(31)34-17-24(29)28-22-15-9-7-13-20(22)25(30)27-18(2)19-11-5-4-6-12-19/h4-16,18H,3,17H2,1-2H3,(H,27,30)(H,28,29). The van der Waals surface area contributed by atoms with Crippen LogP contribution < -0.4 is 10.6 Å². The lowest BCUT2D eigenvalue weighted by atomic mass is 10.1. The molecular formula is C26H26N2O6S. The van der Waals surface area contributed by atoms with E-state index in [0.29, 0.717) is 0 Å². The number of sulfone groups is 1. The Morgan fingerprint density at radius 1 is 0.857 bits per heavy atom. The van der Waals surface area contributed by atoms with Crippen LogP contribution in [0.4, 0.5) is 5.69 Å². The van der Waals surface area contributed by atoms with E-state index in [4.69, 9.17) is 4.74 Å². The number of para-hydroxylation sites is 1. The summed E-state index contributed by atoms with van der Waals surface area (Å²) in [4.78, 5) is 37.6. The van der Waals surface area contributed by atoms with Crippen molar-refractivity contribution in [3.05, 3.63) is 95.6 Å². The van der Waals surface area contributed by atoms with Crippen molar-refractivity contribution in [1.82, 2.24) is 5.32 Å². The maximum absolute atomic E-state index is 12.8. The monoisotopic (exact) mass is 494 g/mol. The summed E-state index contributed by atoms with van der Waals surface area (Å²) in [5.74, 6) is -2.17. The Labute approximate surface area is 204 Å². The average molecular weight is 495 g/mol. The van der Waals surface area contributed by atoms with E-state index in [2.05, 4.69) is 10.6 Å². The third-order valence-electron chi connectivity index (χ3n) is 5.25. The first-order chi connectivity index (χ1) is 16.7. The number of benzene rings is 3. The van der Waals surface area contributed by atoms with E-state index >= 15 is 0 Å². The third kappa shape index (κ3) is 6.54. The summed E-state index contributed by atoms with van der Waals surface area (Å²) < 4.78 is 29.5. The molecule has 0 fully saturated rings. The zero-order valence-corrected chi connectivity index (χ0v) is 20.2. The maximum atomic E-state index is 12.8. The smallest absolute Gasteiger partial charge is 0.339 e. The second kappa shape index (κ2) is 11.4. The highest BCUT2D eigenvalue weighted by Crippen LogP contribution is 2.19. The molecule has 0 radical (unpaired) electrons.